The summed E-state index contributed by atoms with van der Waals surface area (Å²) in [5, 5.41) is 6.25. The number of nitrogens with zero attached hydrogens (tertiary/aromatic N) is 1. The third kappa shape index (κ3) is 6.20. The third-order valence-electron chi connectivity index (χ3n) is 4.16. The number of carbonyl (C=O) groups is 1. The quantitative estimate of drug-likeness (QED) is 0.677. The van der Waals surface area contributed by atoms with Crippen LogP contribution in [0.4, 0.5) is 0 Å². The average molecular weight is 283 g/mol. The second-order valence-electron chi connectivity index (χ2n) is 5.87. The molecule has 1 amide bonds. The number of ether oxygens (including phenoxy) is 1. The maximum absolute atomic E-state index is 11.7. The van der Waals surface area contributed by atoms with Gasteiger partial charge in [-0.25, -0.2) is 0 Å². The lowest BCUT2D eigenvalue weighted by atomic mass is 10.1. The number of piperidine rings is 2. The van der Waals surface area contributed by atoms with Crippen molar-refractivity contribution >= 4 is 5.91 Å². The van der Waals surface area contributed by atoms with E-state index in [9.17, 15) is 4.79 Å². The van der Waals surface area contributed by atoms with Crippen LogP contribution in [0.5, 0.6) is 0 Å². The molecule has 0 aromatic heterocycles. The number of nitrogens with one attached hydrogen (secondary N) is 2. The van der Waals surface area contributed by atoms with Crippen LogP contribution in [0.1, 0.15) is 38.5 Å². The Morgan fingerprint density at radius 3 is 2.70 bits per heavy atom. The van der Waals surface area contributed by atoms with E-state index in [4.69, 9.17) is 4.74 Å². The Balaban J connectivity index is 1.45. The predicted octanol–water partition coefficient (Wildman–Crippen LogP) is 0.747. The number of rotatable bonds is 7. The summed E-state index contributed by atoms with van der Waals surface area (Å²) in [5.41, 5.74) is 0. The molecule has 2 saturated heterocycles. The van der Waals surface area contributed by atoms with Crippen molar-refractivity contribution in [1.29, 1.82) is 0 Å². The Morgan fingerprint density at radius 1 is 1.20 bits per heavy atom. The largest absolute Gasteiger partial charge is 0.368 e. The van der Waals surface area contributed by atoms with E-state index < -0.39 is 0 Å². The lowest BCUT2D eigenvalue weighted by molar-refractivity contribution is -0.128. The summed E-state index contributed by atoms with van der Waals surface area (Å²) in [6.07, 6.45) is 7.37. The second kappa shape index (κ2) is 9.32. The fourth-order valence-corrected chi connectivity index (χ4v) is 2.92. The van der Waals surface area contributed by atoms with Gasteiger partial charge in [-0.3, -0.25) is 4.79 Å². The van der Waals surface area contributed by atoms with Crippen LogP contribution in [0, 0.1) is 0 Å². The Hall–Kier alpha value is -0.650. The molecule has 116 valence electrons. The monoisotopic (exact) mass is 283 g/mol. The molecule has 0 aromatic rings. The highest BCUT2D eigenvalue weighted by Gasteiger charge is 2.14. The summed E-state index contributed by atoms with van der Waals surface area (Å²) in [5.74, 6) is 0.0298. The van der Waals surface area contributed by atoms with E-state index in [0.717, 1.165) is 45.4 Å². The summed E-state index contributed by atoms with van der Waals surface area (Å²) in [4.78, 5) is 14.2. The SMILES string of the molecule is O=C(COC1CCNCC1)NCCCN1CCCCC1. The number of likely N-dealkylation sites (tertiary alicyclic amines) is 1. The molecule has 0 unspecified atom stereocenters. The van der Waals surface area contributed by atoms with Crippen LogP contribution in [0.3, 0.4) is 0 Å². The molecule has 0 bridgehead atoms. The molecule has 2 fully saturated rings. The molecule has 2 rings (SSSR count). The zero-order chi connectivity index (χ0) is 14.0. The van der Waals surface area contributed by atoms with Gasteiger partial charge in [0.25, 0.3) is 0 Å². The molecule has 5 nitrogen and oxygen atoms in total. The minimum Gasteiger partial charge on any atom is -0.368 e. The Kier molecular flexibility index (Phi) is 7.33. The summed E-state index contributed by atoms with van der Waals surface area (Å²) in [7, 11) is 0. The average Bonchev–Trinajstić information content (AvgIpc) is 2.52. The van der Waals surface area contributed by atoms with Crippen molar-refractivity contribution in [3.63, 3.8) is 0 Å². The lowest BCUT2D eigenvalue weighted by Crippen LogP contribution is -2.37. The first-order valence-corrected chi connectivity index (χ1v) is 8.16. The number of carbonyl (C=O) groups excluding carboxylic acids is 1. The van der Waals surface area contributed by atoms with Gasteiger partial charge < -0.3 is 20.3 Å². The van der Waals surface area contributed by atoms with Gasteiger partial charge in [-0.05, 0) is 64.8 Å². The minimum atomic E-state index is 0.0298. The van der Waals surface area contributed by atoms with E-state index in [1.165, 1.54) is 32.4 Å². The maximum Gasteiger partial charge on any atom is 0.246 e. The Labute approximate surface area is 122 Å². The highest BCUT2D eigenvalue weighted by Crippen LogP contribution is 2.08. The van der Waals surface area contributed by atoms with E-state index >= 15 is 0 Å². The van der Waals surface area contributed by atoms with E-state index in [1.807, 2.05) is 0 Å². The highest BCUT2D eigenvalue weighted by atomic mass is 16.5. The standard InChI is InChI=1S/C15H29N3O2/c19-15(13-20-14-5-8-16-9-6-14)17-7-4-12-18-10-2-1-3-11-18/h14,16H,1-13H2,(H,17,19). The molecule has 0 aromatic carbocycles. The zero-order valence-corrected chi connectivity index (χ0v) is 12.5. The highest BCUT2D eigenvalue weighted by molar-refractivity contribution is 5.77. The van der Waals surface area contributed by atoms with Crippen molar-refractivity contribution in [3.05, 3.63) is 0 Å². The van der Waals surface area contributed by atoms with Crippen LogP contribution in [-0.2, 0) is 9.53 Å². The van der Waals surface area contributed by atoms with Crippen LogP contribution in [0.15, 0.2) is 0 Å². The van der Waals surface area contributed by atoms with Gasteiger partial charge >= 0.3 is 0 Å². The topological polar surface area (TPSA) is 53.6 Å². The van der Waals surface area contributed by atoms with Crippen LogP contribution in [-0.4, -0.2) is 62.8 Å². The molecule has 2 N–H and O–H groups in total. The van der Waals surface area contributed by atoms with Gasteiger partial charge in [0.15, 0.2) is 0 Å². The van der Waals surface area contributed by atoms with Crippen molar-refractivity contribution in [2.24, 2.45) is 0 Å². The number of amides is 1. The first kappa shape index (κ1) is 15.7. The molecule has 0 saturated carbocycles. The molecular weight excluding hydrogens is 254 g/mol. The fraction of sp³-hybridized carbons (Fsp3) is 0.933. The summed E-state index contributed by atoms with van der Waals surface area (Å²) < 4.78 is 5.63. The lowest BCUT2D eigenvalue weighted by Gasteiger charge is -2.26. The van der Waals surface area contributed by atoms with E-state index in [0.29, 0.717) is 0 Å². The fourth-order valence-electron chi connectivity index (χ4n) is 2.92. The predicted molar refractivity (Wildman–Crippen MR) is 79.8 cm³/mol. The molecule has 0 aliphatic carbocycles. The molecule has 0 radical (unpaired) electrons. The number of hydrogen-bond donors (Lipinski definition) is 2. The smallest absolute Gasteiger partial charge is 0.246 e. The Morgan fingerprint density at radius 2 is 1.95 bits per heavy atom. The van der Waals surface area contributed by atoms with Gasteiger partial charge in [-0.15, -0.1) is 0 Å². The van der Waals surface area contributed by atoms with Crippen LogP contribution >= 0.6 is 0 Å². The molecule has 2 heterocycles. The molecule has 0 spiro atoms. The normalized spacial score (nSPS) is 21.8. The molecule has 0 atom stereocenters. The van der Waals surface area contributed by atoms with Gasteiger partial charge in [0.05, 0.1) is 6.10 Å². The molecular formula is C15H29N3O2. The van der Waals surface area contributed by atoms with Crippen molar-refractivity contribution in [1.82, 2.24) is 15.5 Å². The van der Waals surface area contributed by atoms with Crippen molar-refractivity contribution < 1.29 is 9.53 Å². The van der Waals surface area contributed by atoms with E-state index in [-0.39, 0.29) is 18.6 Å². The van der Waals surface area contributed by atoms with E-state index in [2.05, 4.69) is 15.5 Å². The first-order valence-electron chi connectivity index (χ1n) is 8.16. The minimum absolute atomic E-state index is 0.0298. The van der Waals surface area contributed by atoms with Gasteiger partial charge in [0.1, 0.15) is 6.61 Å². The van der Waals surface area contributed by atoms with Crippen molar-refractivity contribution in [3.8, 4) is 0 Å². The molecule has 5 heteroatoms. The second-order valence-corrected chi connectivity index (χ2v) is 5.87. The molecule has 20 heavy (non-hydrogen) atoms. The molecule has 2 aliphatic rings. The van der Waals surface area contributed by atoms with Crippen LogP contribution in [0.25, 0.3) is 0 Å². The van der Waals surface area contributed by atoms with Gasteiger partial charge in [-0.2, -0.15) is 0 Å². The van der Waals surface area contributed by atoms with Crippen LogP contribution < -0.4 is 10.6 Å². The zero-order valence-electron chi connectivity index (χ0n) is 12.5. The Bertz CT molecular complexity index is 274. The maximum atomic E-state index is 11.7. The molecule has 2 aliphatic heterocycles. The van der Waals surface area contributed by atoms with Crippen molar-refractivity contribution in [2.45, 2.75) is 44.6 Å². The summed E-state index contributed by atoms with van der Waals surface area (Å²) in [6, 6.07) is 0. The van der Waals surface area contributed by atoms with Crippen LogP contribution in [0.2, 0.25) is 0 Å². The third-order valence-corrected chi connectivity index (χ3v) is 4.16. The number of hydrogen-bond acceptors (Lipinski definition) is 4. The van der Waals surface area contributed by atoms with E-state index in [1.54, 1.807) is 0 Å². The van der Waals surface area contributed by atoms with Gasteiger partial charge in [0, 0.05) is 6.54 Å². The van der Waals surface area contributed by atoms with Gasteiger partial charge in [0.2, 0.25) is 5.91 Å². The summed E-state index contributed by atoms with van der Waals surface area (Å²) in [6.45, 7) is 6.55. The first-order chi connectivity index (χ1) is 9.84. The van der Waals surface area contributed by atoms with Crippen molar-refractivity contribution in [2.75, 3.05) is 45.9 Å². The van der Waals surface area contributed by atoms with Gasteiger partial charge in [-0.1, -0.05) is 6.42 Å². The summed E-state index contributed by atoms with van der Waals surface area (Å²) >= 11 is 0.